The van der Waals surface area contributed by atoms with Crippen LogP contribution in [0.1, 0.15) is 53.9 Å². The first-order valence-corrected chi connectivity index (χ1v) is 19.4. The summed E-state index contributed by atoms with van der Waals surface area (Å²) in [6.07, 6.45) is 5.62. The summed E-state index contributed by atoms with van der Waals surface area (Å²) in [7, 11) is 1.53. The summed E-state index contributed by atoms with van der Waals surface area (Å²) in [6.45, 7) is 2.40. The van der Waals surface area contributed by atoms with Gasteiger partial charge in [0.25, 0.3) is 0 Å². The molecule has 8 heteroatoms. The van der Waals surface area contributed by atoms with Crippen LogP contribution < -0.4 is 4.74 Å². The van der Waals surface area contributed by atoms with Crippen molar-refractivity contribution in [2.24, 2.45) is 23.7 Å². The molecule has 3 aliphatic carbocycles. The Labute approximate surface area is 321 Å². The van der Waals surface area contributed by atoms with E-state index < -0.39 is 35.0 Å². The number of ether oxygens (including phenoxy) is 1. The molecule has 9 rings (SSSR count). The molecule has 0 bridgehead atoms. The number of imide groups is 1. The Balaban J connectivity index is 1.14. The average Bonchev–Trinajstić information content (AvgIpc) is 3.48. The van der Waals surface area contributed by atoms with Crippen LogP contribution in [0.3, 0.4) is 0 Å². The number of hydrogen-bond donors (Lipinski definition) is 1. The Morgan fingerprint density at radius 1 is 0.800 bits per heavy atom. The number of carbonyl (C=O) groups excluding carboxylic acids is 4. The zero-order valence-corrected chi connectivity index (χ0v) is 30.8. The standard InChI is InChI=1S/C47H44N2O6/c1-55-40-25-33(50)17-18-35(40)43-34-19-20-36-42(46(54)49(45(36)53)32-21-23-48(24-22-32)28-29-11-5-2-6-12-29)38(34)26-39-44(52)37(30-13-7-3-8-14-30)27-41(51)47(39,43)31-15-9-4-10-16-31/h2-19,25,27,32,36,38-39,42-43,50H,20-24,26,28H2,1H3. The molecular formula is C47H44N2O6. The SMILES string of the molecule is COc1cc(O)ccc1C1C2=CCC3C(=O)N(C4CCN(Cc5ccccc5)CC4)C(=O)C3C2CC2C(=O)C(c3ccccc3)=CC(=O)C21c1ccccc1. The van der Waals surface area contributed by atoms with E-state index in [4.69, 9.17) is 4.74 Å². The molecule has 0 radical (unpaired) electrons. The van der Waals surface area contributed by atoms with Crippen molar-refractivity contribution in [2.45, 2.75) is 49.6 Å². The van der Waals surface area contributed by atoms with Crippen LogP contribution >= 0.6 is 0 Å². The van der Waals surface area contributed by atoms with Gasteiger partial charge in [-0.1, -0.05) is 109 Å². The zero-order chi connectivity index (χ0) is 37.8. The second-order valence-electron chi connectivity index (χ2n) is 15.8. The van der Waals surface area contributed by atoms with E-state index >= 15 is 9.59 Å². The van der Waals surface area contributed by atoms with Crippen LogP contribution in [0.2, 0.25) is 0 Å². The van der Waals surface area contributed by atoms with E-state index in [1.165, 1.54) is 24.8 Å². The van der Waals surface area contributed by atoms with Gasteiger partial charge in [-0.2, -0.15) is 0 Å². The van der Waals surface area contributed by atoms with Crippen molar-refractivity contribution in [2.75, 3.05) is 20.2 Å². The van der Waals surface area contributed by atoms with Gasteiger partial charge in [-0.3, -0.25) is 29.0 Å². The van der Waals surface area contributed by atoms with Gasteiger partial charge in [0.15, 0.2) is 11.6 Å². The topological polar surface area (TPSA) is 104 Å². The van der Waals surface area contributed by atoms with Gasteiger partial charge in [0.2, 0.25) is 11.8 Å². The lowest BCUT2D eigenvalue weighted by molar-refractivity contribution is -0.144. The van der Waals surface area contributed by atoms with Gasteiger partial charge in [0.05, 0.1) is 24.4 Å². The lowest BCUT2D eigenvalue weighted by Gasteiger charge is -2.55. The number of allylic oxidation sites excluding steroid dienone is 4. The second kappa shape index (κ2) is 13.9. The van der Waals surface area contributed by atoms with Gasteiger partial charge < -0.3 is 9.84 Å². The van der Waals surface area contributed by atoms with Gasteiger partial charge in [0, 0.05) is 54.7 Å². The molecule has 8 nitrogen and oxygen atoms in total. The first-order valence-electron chi connectivity index (χ1n) is 19.4. The molecular weight excluding hydrogens is 689 g/mol. The Hall–Kier alpha value is -5.60. The van der Waals surface area contributed by atoms with E-state index in [9.17, 15) is 14.7 Å². The molecule has 1 N–H and O–H groups in total. The highest BCUT2D eigenvalue weighted by atomic mass is 16.5. The molecule has 0 spiro atoms. The average molecular weight is 733 g/mol. The zero-order valence-electron chi connectivity index (χ0n) is 30.8. The van der Waals surface area contributed by atoms with Crippen molar-refractivity contribution in [3.05, 3.63) is 149 Å². The molecule has 2 aliphatic heterocycles. The molecule has 3 fully saturated rings. The van der Waals surface area contributed by atoms with Crippen molar-refractivity contribution in [1.82, 2.24) is 9.80 Å². The van der Waals surface area contributed by atoms with Gasteiger partial charge >= 0.3 is 0 Å². The van der Waals surface area contributed by atoms with E-state index in [0.29, 0.717) is 47.3 Å². The highest BCUT2D eigenvalue weighted by Crippen LogP contribution is 2.64. The Morgan fingerprint density at radius 2 is 1.47 bits per heavy atom. The Bertz CT molecular complexity index is 2230. The van der Waals surface area contributed by atoms with E-state index in [1.54, 1.807) is 17.0 Å². The number of likely N-dealkylation sites (tertiary alicyclic amines) is 2. The maximum atomic E-state index is 15.3. The fourth-order valence-electron chi connectivity index (χ4n) is 10.7. The van der Waals surface area contributed by atoms with Gasteiger partial charge in [-0.15, -0.1) is 0 Å². The minimum absolute atomic E-state index is 0.00953. The van der Waals surface area contributed by atoms with Crippen LogP contribution in [0, 0.1) is 23.7 Å². The summed E-state index contributed by atoms with van der Waals surface area (Å²) in [5, 5.41) is 10.6. The molecule has 5 aliphatic rings. The molecule has 2 amide bonds. The first-order chi connectivity index (χ1) is 26.8. The van der Waals surface area contributed by atoms with Crippen molar-refractivity contribution >= 4 is 29.0 Å². The summed E-state index contributed by atoms with van der Waals surface area (Å²) in [5.74, 6) is -3.44. The third kappa shape index (κ3) is 5.60. The van der Waals surface area contributed by atoms with Gasteiger partial charge in [-0.05, 0) is 60.4 Å². The number of nitrogens with zero attached hydrogens (tertiary/aromatic N) is 2. The van der Waals surface area contributed by atoms with Crippen molar-refractivity contribution < 1.29 is 29.0 Å². The van der Waals surface area contributed by atoms with Crippen LogP contribution in [0.25, 0.3) is 5.57 Å². The molecule has 6 unspecified atom stereocenters. The lowest BCUT2D eigenvalue weighted by atomic mass is 9.44. The summed E-state index contributed by atoms with van der Waals surface area (Å²) in [6, 6.07) is 33.8. The summed E-state index contributed by atoms with van der Waals surface area (Å²) in [4.78, 5) is 63.7. The molecule has 4 aromatic rings. The molecule has 6 atom stereocenters. The van der Waals surface area contributed by atoms with E-state index in [2.05, 4.69) is 23.1 Å². The Kier molecular flexibility index (Phi) is 8.89. The van der Waals surface area contributed by atoms with Crippen LogP contribution in [0.15, 0.2) is 127 Å². The molecule has 1 saturated carbocycles. The van der Waals surface area contributed by atoms with E-state index in [1.807, 2.05) is 78.9 Å². The van der Waals surface area contributed by atoms with Crippen LogP contribution in [0.4, 0.5) is 0 Å². The predicted molar refractivity (Wildman–Crippen MR) is 208 cm³/mol. The van der Waals surface area contributed by atoms with Crippen LogP contribution in [0.5, 0.6) is 11.5 Å². The maximum Gasteiger partial charge on any atom is 0.233 e. The molecule has 2 saturated heterocycles. The highest BCUT2D eigenvalue weighted by Gasteiger charge is 2.66. The number of phenolic OH excluding ortho intramolecular Hbond substituents is 1. The number of ketones is 2. The number of Topliss-reactive ketones (excluding diaryl/α,β-unsaturated/α-hetero) is 1. The summed E-state index contributed by atoms with van der Waals surface area (Å²) < 4.78 is 5.91. The number of phenols is 1. The van der Waals surface area contributed by atoms with Crippen LogP contribution in [-0.4, -0.2) is 64.5 Å². The molecule has 55 heavy (non-hydrogen) atoms. The molecule has 4 aromatic carbocycles. The number of benzene rings is 4. The van der Waals surface area contributed by atoms with Crippen molar-refractivity contribution in [1.29, 1.82) is 0 Å². The minimum atomic E-state index is -1.37. The number of rotatable bonds is 7. The van der Waals surface area contributed by atoms with Crippen molar-refractivity contribution in [3.63, 3.8) is 0 Å². The van der Waals surface area contributed by atoms with E-state index in [-0.39, 0.29) is 41.6 Å². The first kappa shape index (κ1) is 35.1. The Morgan fingerprint density at radius 3 is 2.16 bits per heavy atom. The number of amides is 2. The predicted octanol–water partition coefficient (Wildman–Crippen LogP) is 6.89. The number of aromatic hydroxyl groups is 1. The van der Waals surface area contributed by atoms with Gasteiger partial charge in [-0.25, -0.2) is 0 Å². The fourth-order valence-corrected chi connectivity index (χ4v) is 10.7. The van der Waals surface area contributed by atoms with Crippen molar-refractivity contribution in [3.8, 4) is 11.5 Å². The number of carbonyl (C=O) groups is 4. The minimum Gasteiger partial charge on any atom is -0.508 e. The van der Waals surface area contributed by atoms with Gasteiger partial charge in [0.1, 0.15) is 11.5 Å². The smallest absolute Gasteiger partial charge is 0.233 e. The highest BCUT2D eigenvalue weighted by molar-refractivity contribution is 6.31. The quantitative estimate of drug-likeness (QED) is 0.163. The molecule has 2 heterocycles. The van der Waals surface area contributed by atoms with E-state index in [0.717, 1.165) is 25.2 Å². The monoisotopic (exact) mass is 732 g/mol. The van der Waals surface area contributed by atoms with Crippen LogP contribution in [-0.2, 0) is 31.1 Å². The fraction of sp³-hybridized carbons (Fsp3) is 0.319. The number of methoxy groups -OCH3 is 1. The number of hydrogen-bond acceptors (Lipinski definition) is 7. The molecule has 278 valence electrons. The third-order valence-corrected chi connectivity index (χ3v) is 13.1. The number of fused-ring (bicyclic) bond motifs is 4. The summed E-state index contributed by atoms with van der Waals surface area (Å²) in [5.41, 5.74) is 3.14. The maximum absolute atomic E-state index is 15.3. The second-order valence-corrected chi connectivity index (χ2v) is 15.8. The largest absolute Gasteiger partial charge is 0.508 e. The lowest BCUT2D eigenvalue weighted by Crippen LogP contribution is -2.59. The number of piperidine rings is 1. The summed E-state index contributed by atoms with van der Waals surface area (Å²) >= 11 is 0. The normalized spacial score (nSPS) is 28.2. The molecule has 0 aromatic heterocycles. The third-order valence-electron chi connectivity index (χ3n) is 13.1.